The number of aliphatic carboxylic acids is 1. The van der Waals surface area contributed by atoms with Crippen LogP contribution in [0.5, 0.6) is 5.75 Å². The lowest BCUT2D eigenvalue weighted by Crippen LogP contribution is -2.24. The Hall–Kier alpha value is -3.28. The molecule has 1 aromatic heterocycles. The molecule has 0 spiro atoms. The van der Waals surface area contributed by atoms with E-state index in [-0.39, 0.29) is 12.3 Å². The zero-order valence-corrected chi connectivity index (χ0v) is 16.5. The number of fused-ring (bicyclic) bond motifs is 1. The highest BCUT2D eigenvalue weighted by atomic mass is 16.5. The highest BCUT2D eigenvalue weighted by molar-refractivity contribution is 5.90. The Kier molecular flexibility index (Phi) is 6.89. The zero-order valence-electron chi connectivity index (χ0n) is 16.5. The zero-order chi connectivity index (χ0) is 20.6. The van der Waals surface area contributed by atoms with Gasteiger partial charge >= 0.3 is 5.97 Å². The molecule has 3 N–H and O–H groups in total. The number of carboxylic acid groups (broad SMARTS) is 1. The number of aromatic nitrogens is 1. The van der Waals surface area contributed by atoms with Crippen molar-refractivity contribution < 1.29 is 19.4 Å². The molecule has 3 aromatic rings. The van der Waals surface area contributed by atoms with E-state index in [4.69, 9.17) is 9.84 Å². The Morgan fingerprint density at radius 1 is 1.10 bits per heavy atom. The molecule has 6 nitrogen and oxygen atoms in total. The van der Waals surface area contributed by atoms with Gasteiger partial charge in [0.1, 0.15) is 5.75 Å². The number of hydrogen-bond donors (Lipinski definition) is 3. The fourth-order valence-electron chi connectivity index (χ4n) is 3.27. The summed E-state index contributed by atoms with van der Waals surface area (Å²) >= 11 is 0. The van der Waals surface area contributed by atoms with Gasteiger partial charge in [0.15, 0.2) is 0 Å². The van der Waals surface area contributed by atoms with Crippen LogP contribution in [0.25, 0.3) is 10.9 Å². The summed E-state index contributed by atoms with van der Waals surface area (Å²) < 4.78 is 5.51. The summed E-state index contributed by atoms with van der Waals surface area (Å²) in [6.07, 6.45) is 3.77. The lowest BCUT2D eigenvalue weighted by molar-refractivity contribution is -0.137. The smallest absolute Gasteiger partial charge is 0.303 e. The van der Waals surface area contributed by atoms with Gasteiger partial charge in [-0.05, 0) is 41.7 Å². The molecule has 1 heterocycles. The second-order valence-corrected chi connectivity index (χ2v) is 6.95. The summed E-state index contributed by atoms with van der Waals surface area (Å²) in [5.74, 6) is -0.157. The van der Waals surface area contributed by atoms with Crippen LogP contribution in [-0.2, 0) is 29.0 Å². The molecule has 6 heteroatoms. The van der Waals surface area contributed by atoms with Crippen LogP contribution in [0.1, 0.15) is 36.5 Å². The predicted molar refractivity (Wildman–Crippen MR) is 112 cm³/mol. The Morgan fingerprint density at radius 3 is 2.62 bits per heavy atom. The number of benzene rings is 2. The molecule has 152 valence electrons. The van der Waals surface area contributed by atoms with E-state index in [0.29, 0.717) is 31.7 Å². The average Bonchev–Trinajstić information content (AvgIpc) is 3.13. The summed E-state index contributed by atoms with van der Waals surface area (Å²) in [5, 5.41) is 12.7. The van der Waals surface area contributed by atoms with Gasteiger partial charge in [-0.1, -0.05) is 37.3 Å². The van der Waals surface area contributed by atoms with Crippen LogP contribution < -0.4 is 10.1 Å². The normalized spacial score (nSPS) is 10.8. The van der Waals surface area contributed by atoms with Crippen molar-refractivity contribution in [2.24, 2.45) is 0 Å². The predicted octanol–water partition coefficient (Wildman–Crippen LogP) is 3.83. The number of carboxylic acids is 1. The van der Waals surface area contributed by atoms with E-state index in [0.717, 1.165) is 28.5 Å². The molecule has 0 atom stereocenters. The van der Waals surface area contributed by atoms with Gasteiger partial charge < -0.3 is 20.1 Å². The van der Waals surface area contributed by atoms with Gasteiger partial charge in [-0.2, -0.15) is 0 Å². The highest BCUT2D eigenvalue weighted by Crippen LogP contribution is 2.22. The van der Waals surface area contributed by atoms with E-state index in [1.54, 1.807) is 0 Å². The van der Waals surface area contributed by atoms with E-state index in [2.05, 4.69) is 23.3 Å². The van der Waals surface area contributed by atoms with Crippen LogP contribution in [0.2, 0.25) is 0 Å². The number of nitrogens with one attached hydrogen (secondary N) is 2. The molecule has 0 radical (unpaired) electrons. The third-order valence-corrected chi connectivity index (χ3v) is 4.84. The molecule has 0 aliphatic rings. The number of carbonyl (C=O) groups is 2. The van der Waals surface area contributed by atoms with Crippen LogP contribution in [0, 0.1) is 0 Å². The SMILES string of the molecule is CCc1cccc2c(CC(=O)NCc3ccc(OCCCC(=O)O)cc3)c[nH]c12. The lowest BCUT2D eigenvalue weighted by atomic mass is 10.1. The number of aryl methyl sites for hydroxylation is 1. The van der Waals surface area contributed by atoms with Crippen LogP contribution in [0.3, 0.4) is 0 Å². The molecule has 0 unspecified atom stereocenters. The maximum atomic E-state index is 12.4. The van der Waals surface area contributed by atoms with Gasteiger partial charge in [-0.25, -0.2) is 0 Å². The Bertz CT molecular complexity index is 976. The van der Waals surface area contributed by atoms with Crippen molar-refractivity contribution in [3.8, 4) is 5.75 Å². The number of amides is 1. The number of carbonyl (C=O) groups excluding carboxylic acids is 1. The molecule has 29 heavy (non-hydrogen) atoms. The molecular weight excluding hydrogens is 368 g/mol. The second-order valence-electron chi connectivity index (χ2n) is 6.95. The first kappa shape index (κ1) is 20.5. The first-order chi connectivity index (χ1) is 14.1. The Morgan fingerprint density at radius 2 is 1.90 bits per heavy atom. The largest absolute Gasteiger partial charge is 0.494 e. The minimum absolute atomic E-state index is 0.0261. The molecule has 2 aromatic carbocycles. The standard InChI is InChI=1S/C23H26N2O4/c1-2-17-5-3-6-20-18(15-25-23(17)20)13-21(26)24-14-16-8-10-19(11-9-16)29-12-4-7-22(27)28/h3,5-6,8-11,15,25H,2,4,7,12-14H2,1H3,(H,24,26)(H,27,28). The van der Waals surface area contributed by atoms with Crippen molar-refractivity contribution >= 4 is 22.8 Å². The number of aromatic amines is 1. The van der Waals surface area contributed by atoms with Crippen LogP contribution in [0.15, 0.2) is 48.7 Å². The lowest BCUT2D eigenvalue weighted by Gasteiger charge is -2.08. The molecular formula is C23H26N2O4. The molecule has 0 fully saturated rings. The monoisotopic (exact) mass is 394 g/mol. The van der Waals surface area contributed by atoms with Gasteiger partial charge in [-0.3, -0.25) is 9.59 Å². The minimum atomic E-state index is -0.821. The van der Waals surface area contributed by atoms with Gasteiger partial charge in [0.2, 0.25) is 5.91 Å². The first-order valence-corrected chi connectivity index (χ1v) is 9.85. The molecule has 0 aliphatic carbocycles. The molecule has 1 amide bonds. The summed E-state index contributed by atoms with van der Waals surface area (Å²) in [5.41, 5.74) is 4.33. The number of para-hydroxylation sites is 1. The van der Waals surface area contributed by atoms with Crippen molar-refractivity contribution in [2.45, 2.75) is 39.2 Å². The van der Waals surface area contributed by atoms with Gasteiger partial charge in [0.25, 0.3) is 0 Å². The summed E-state index contributed by atoms with van der Waals surface area (Å²) in [7, 11) is 0. The van der Waals surface area contributed by atoms with E-state index in [1.807, 2.05) is 42.6 Å². The second kappa shape index (κ2) is 9.78. The third kappa shape index (κ3) is 5.60. The molecule has 3 rings (SSSR count). The molecule has 0 saturated carbocycles. The van der Waals surface area contributed by atoms with Crippen molar-refractivity contribution in [3.05, 3.63) is 65.4 Å². The van der Waals surface area contributed by atoms with E-state index in [1.165, 1.54) is 5.56 Å². The number of hydrogen-bond acceptors (Lipinski definition) is 3. The number of ether oxygens (including phenoxy) is 1. The number of rotatable bonds is 10. The fourth-order valence-corrected chi connectivity index (χ4v) is 3.27. The fraction of sp³-hybridized carbons (Fsp3) is 0.304. The molecule has 0 saturated heterocycles. The summed E-state index contributed by atoms with van der Waals surface area (Å²) in [6, 6.07) is 13.6. The van der Waals surface area contributed by atoms with Gasteiger partial charge in [-0.15, -0.1) is 0 Å². The topological polar surface area (TPSA) is 91.4 Å². The highest BCUT2D eigenvalue weighted by Gasteiger charge is 2.10. The maximum absolute atomic E-state index is 12.4. The minimum Gasteiger partial charge on any atom is -0.494 e. The Labute approximate surface area is 169 Å². The van der Waals surface area contributed by atoms with Gasteiger partial charge in [0.05, 0.1) is 13.0 Å². The summed E-state index contributed by atoms with van der Waals surface area (Å²) in [6.45, 7) is 2.93. The van der Waals surface area contributed by atoms with Gasteiger partial charge in [0, 0.05) is 30.1 Å². The van der Waals surface area contributed by atoms with Crippen LogP contribution in [0.4, 0.5) is 0 Å². The third-order valence-electron chi connectivity index (χ3n) is 4.84. The molecule has 0 aliphatic heterocycles. The van der Waals surface area contributed by atoms with Crippen LogP contribution in [-0.4, -0.2) is 28.6 Å². The molecule has 0 bridgehead atoms. The van der Waals surface area contributed by atoms with Crippen molar-refractivity contribution in [2.75, 3.05) is 6.61 Å². The number of H-pyrrole nitrogens is 1. The average molecular weight is 394 g/mol. The maximum Gasteiger partial charge on any atom is 0.303 e. The van der Waals surface area contributed by atoms with E-state index < -0.39 is 5.97 Å². The summed E-state index contributed by atoms with van der Waals surface area (Å²) in [4.78, 5) is 26.2. The van der Waals surface area contributed by atoms with E-state index >= 15 is 0 Å². The van der Waals surface area contributed by atoms with Crippen molar-refractivity contribution in [3.63, 3.8) is 0 Å². The van der Waals surface area contributed by atoms with Crippen molar-refractivity contribution in [1.29, 1.82) is 0 Å². The Balaban J connectivity index is 1.49. The quantitative estimate of drug-likeness (QED) is 0.456. The first-order valence-electron chi connectivity index (χ1n) is 9.85. The van der Waals surface area contributed by atoms with Crippen LogP contribution >= 0.6 is 0 Å². The van der Waals surface area contributed by atoms with E-state index in [9.17, 15) is 9.59 Å². The van der Waals surface area contributed by atoms with Crippen molar-refractivity contribution in [1.82, 2.24) is 10.3 Å².